The second-order valence-electron chi connectivity index (χ2n) is 5.65. The van der Waals surface area contributed by atoms with Crippen molar-refractivity contribution in [1.29, 1.82) is 0 Å². The molecule has 6 heteroatoms. The molecule has 0 radical (unpaired) electrons. The van der Waals surface area contributed by atoms with Gasteiger partial charge < -0.3 is 9.80 Å². The van der Waals surface area contributed by atoms with Crippen LogP contribution in [-0.2, 0) is 4.79 Å². The monoisotopic (exact) mass is 330 g/mol. The average molecular weight is 330 g/mol. The third-order valence-corrected chi connectivity index (χ3v) is 4.11. The number of benzene rings is 2. The van der Waals surface area contributed by atoms with Crippen LogP contribution in [0.5, 0.6) is 0 Å². The molecule has 1 unspecified atom stereocenters. The number of piperazine rings is 1. The van der Waals surface area contributed by atoms with Gasteiger partial charge in [-0.2, -0.15) is 0 Å². The topological polar surface area (TPSA) is 40.6 Å². The zero-order valence-corrected chi connectivity index (χ0v) is 13.1. The Morgan fingerprint density at radius 1 is 1.04 bits per heavy atom. The van der Waals surface area contributed by atoms with Crippen LogP contribution in [0.2, 0.25) is 0 Å². The highest BCUT2D eigenvalue weighted by Crippen LogP contribution is 2.22. The van der Waals surface area contributed by atoms with E-state index in [4.69, 9.17) is 0 Å². The Labute approximate surface area is 138 Å². The summed E-state index contributed by atoms with van der Waals surface area (Å²) < 4.78 is 26.7. The maximum Gasteiger partial charge on any atom is 0.254 e. The summed E-state index contributed by atoms with van der Waals surface area (Å²) in [4.78, 5) is 28.0. The molecule has 4 nitrogen and oxygen atoms in total. The summed E-state index contributed by atoms with van der Waals surface area (Å²) >= 11 is 0. The van der Waals surface area contributed by atoms with Gasteiger partial charge in [0.15, 0.2) is 0 Å². The van der Waals surface area contributed by atoms with Crippen LogP contribution in [0, 0.1) is 11.6 Å². The molecule has 0 bridgehead atoms. The zero-order valence-electron chi connectivity index (χ0n) is 13.1. The van der Waals surface area contributed by atoms with Crippen molar-refractivity contribution in [1.82, 2.24) is 4.90 Å². The molecule has 0 spiro atoms. The number of nitrogens with zero attached hydrogens (tertiary/aromatic N) is 2. The van der Waals surface area contributed by atoms with Gasteiger partial charge in [0.05, 0.1) is 0 Å². The third-order valence-electron chi connectivity index (χ3n) is 4.11. The van der Waals surface area contributed by atoms with Gasteiger partial charge in [0.25, 0.3) is 5.91 Å². The first-order valence-corrected chi connectivity index (χ1v) is 7.61. The summed E-state index contributed by atoms with van der Waals surface area (Å²) in [6.45, 7) is 2.16. The molecule has 3 rings (SSSR count). The predicted molar refractivity (Wildman–Crippen MR) is 85.7 cm³/mol. The van der Waals surface area contributed by atoms with Gasteiger partial charge in [-0.1, -0.05) is 12.1 Å². The van der Waals surface area contributed by atoms with Gasteiger partial charge in [-0.3, -0.25) is 9.59 Å². The number of hydrogen-bond donors (Lipinski definition) is 0. The predicted octanol–water partition coefficient (Wildman–Crippen LogP) is 2.84. The number of carbonyl (C=O) groups is 2. The van der Waals surface area contributed by atoms with Crippen LogP contribution >= 0.6 is 0 Å². The lowest BCUT2D eigenvalue weighted by Gasteiger charge is -2.39. The van der Waals surface area contributed by atoms with Gasteiger partial charge in [0.1, 0.15) is 17.7 Å². The van der Waals surface area contributed by atoms with Gasteiger partial charge in [0, 0.05) is 24.3 Å². The quantitative estimate of drug-likeness (QED) is 0.849. The number of halogens is 2. The highest BCUT2D eigenvalue weighted by molar-refractivity contribution is 6.03. The molecule has 24 heavy (non-hydrogen) atoms. The standard InChI is InChI=1S/C18H16F2N2O2/c1-12-17(23)22(16-7-3-6-15(20)11-16)9-8-21(12)18(24)13-4-2-5-14(19)10-13/h2-7,10-12H,8-9H2,1H3. The Morgan fingerprint density at radius 2 is 1.71 bits per heavy atom. The van der Waals surface area contributed by atoms with Crippen molar-refractivity contribution in [3.05, 3.63) is 65.7 Å². The van der Waals surface area contributed by atoms with Crippen LogP contribution in [0.3, 0.4) is 0 Å². The Kier molecular flexibility index (Phi) is 4.29. The van der Waals surface area contributed by atoms with Crippen molar-refractivity contribution in [2.24, 2.45) is 0 Å². The Bertz CT molecular complexity index is 794. The third kappa shape index (κ3) is 2.99. The van der Waals surface area contributed by atoms with E-state index in [0.29, 0.717) is 12.2 Å². The van der Waals surface area contributed by atoms with E-state index in [2.05, 4.69) is 0 Å². The largest absolute Gasteiger partial charge is 0.325 e. The lowest BCUT2D eigenvalue weighted by atomic mass is 10.1. The summed E-state index contributed by atoms with van der Waals surface area (Å²) in [5.41, 5.74) is 0.665. The number of anilines is 1. The van der Waals surface area contributed by atoms with Crippen LogP contribution in [0.4, 0.5) is 14.5 Å². The molecule has 1 atom stereocenters. The van der Waals surface area contributed by atoms with Crippen molar-refractivity contribution >= 4 is 17.5 Å². The average Bonchev–Trinajstić information content (AvgIpc) is 2.56. The van der Waals surface area contributed by atoms with Gasteiger partial charge >= 0.3 is 0 Å². The molecule has 0 N–H and O–H groups in total. The van der Waals surface area contributed by atoms with E-state index >= 15 is 0 Å². The fourth-order valence-corrected chi connectivity index (χ4v) is 2.84. The summed E-state index contributed by atoms with van der Waals surface area (Å²) in [7, 11) is 0. The molecule has 1 aliphatic rings. The maximum absolute atomic E-state index is 13.4. The van der Waals surface area contributed by atoms with E-state index in [9.17, 15) is 18.4 Å². The summed E-state index contributed by atoms with van der Waals surface area (Å²) in [5.74, 6) is -1.62. The summed E-state index contributed by atoms with van der Waals surface area (Å²) in [6, 6.07) is 10.4. The molecule has 2 aromatic rings. The molecule has 0 saturated carbocycles. The van der Waals surface area contributed by atoms with E-state index in [0.717, 1.165) is 6.07 Å². The number of hydrogen-bond acceptors (Lipinski definition) is 2. The number of carbonyl (C=O) groups excluding carboxylic acids is 2. The second kappa shape index (κ2) is 6.39. The normalized spacial score (nSPS) is 18.0. The minimum Gasteiger partial charge on any atom is -0.325 e. The van der Waals surface area contributed by atoms with E-state index in [1.54, 1.807) is 13.0 Å². The van der Waals surface area contributed by atoms with Crippen molar-refractivity contribution in [2.75, 3.05) is 18.0 Å². The zero-order chi connectivity index (χ0) is 17.3. The molecule has 2 aromatic carbocycles. The van der Waals surface area contributed by atoms with Crippen LogP contribution in [0.25, 0.3) is 0 Å². The minimum atomic E-state index is -0.710. The second-order valence-corrected chi connectivity index (χ2v) is 5.65. The lowest BCUT2D eigenvalue weighted by Crippen LogP contribution is -2.57. The van der Waals surface area contributed by atoms with Gasteiger partial charge in [-0.25, -0.2) is 8.78 Å². The van der Waals surface area contributed by atoms with Crippen molar-refractivity contribution < 1.29 is 18.4 Å². The first kappa shape index (κ1) is 16.1. The van der Waals surface area contributed by atoms with Gasteiger partial charge in [-0.15, -0.1) is 0 Å². The van der Waals surface area contributed by atoms with Crippen LogP contribution in [0.1, 0.15) is 17.3 Å². The van der Waals surface area contributed by atoms with E-state index in [-0.39, 0.29) is 18.0 Å². The molecule has 0 aliphatic carbocycles. The summed E-state index contributed by atoms with van der Waals surface area (Å²) in [6.07, 6.45) is 0. The minimum absolute atomic E-state index is 0.203. The molecule has 0 aromatic heterocycles. The van der Waals surface area contributed by atoms with Crippen molar-refractivity contribution in [3.63, 3.8) is 0 Å². The molecule has 1 heterocycles. The first-order valence-electron chi connectivity index (χ1n) is 7.61. The van der Waals surface area contributed by atoms with Crippen LogP contribution < -0.4 is 4.90 Å². The molecule has 2 amide bonds. The van der Waals surface area contributed by atoms with E-state index in [1.807, 2.05) is 0 Å². The van der Waals surface area contributed by atoms with Gasteiger partial charge in [0.2, 0.25) is 5.91 Å². The molecule has 1 fully saturated rings. The van der Waals surface area contributed by atoms with Crippen molar-refractivity contribution in [2.45, 2.75) is 13.0 Å². The highest BCUT2D eigenvalue weighted by atomic mass is 19.1. The smallest absolute Gasteiger partial charge is 0.254 e. The molecule has 1 aliphatic heterocycles. The Balaban J connectivity index is 1.81. The maximum atomic E-state index is 13.4. The van der Waals surface area contributed by atoms with Gasteiger partial charge in [-0.05, 0) is 43.3 Å². The highest BCUT2D eigenvalue weighted by Gasteiger charge is 2.35. The first-order chi connectivity index (χ1) is 11.5. The molecule has 1 saturated heterocycles. The number of rotatable bonds is 2. The fraction of sp³-hybridized carbons (Fsp3) is 0.222. The Hall–Kier alpha value is -2.76. The SMILES string of the molecule is CC1C(=O)N(c2cccc(F)c2)CCN1C(=O)c1cccc(F)c1. The van der Waals surface area contributed by atoms with Crippen LogP contribution in [0.15, 0.2) is 48.5 Å². The number of amides is 2. The van der Waals surface area contributed by atoms with E-state index in [1.165, 1.54) is 46.2 Å². The molecular formula is C18H16F2N2O2. The van der Waals surface area contributed by atoms with Crippen molar-refractivity contribution in [3.8, 4) is 0 Å². The van der Waals surface area contributed by atoms with E-state index < -0.39 is 23.6 Å². The van der Waals surface area contributed by atoms with Crippen LogP contribution in [-0.4, -0.2) is 35.8 Å². The molecule has 124 valence electrons. The fourth-order valence-electron chi connectivity index (χ4n) is 2.84. The lowest BCUT2D eigenvalue weighted by molar-refractivity contribution is -0.124. The molecular weight excluding hydrogens is 314 g/mol. The Morgan fingerprint density at radius 3 is 2.38 bits per heavy atom. The summed E-state index contributed by atoms with van der Waals surface area (Å²) in [5, 5.41) is 0.